The number of carbonyl (C=O) groups excluding carboxylic acids is 3. The largest absolute Gasteiger partial charge is 0.462 e. The van der Waals surface area contributed by atoms with Crippen molar-refractivity contribution in [3.05, 3.63) is 35.9 Å². The summed E-state index contributed by atoms with van der Waals surface area (Å²) in [5.41, 5.74) is -4.92. The minimum atomic E-state index is -1.86. The fourth-order valence-electron chi connectivity index (χ4n) is 12.7. The lowest BCUT2D eigenvalue weighted by Gasteiger charge is -2.70. The second kappa shape index (κ2) is 12.0. The number of fused-ring (bicyclic) bond motifs is 2. The molecule has 6 fully saturated rings. The Kier molecular flexibility index (Phi) is 8.49. The maximum absolute atomic E-state index is 13.8. The highest BCUT2D eigenvalue weighted by Gasteiger charge is 2.92. The smallest absolute Gasteiger partial charge is 0.338 e. The van der Waals surface area contributed by atoms with Crippen molar-refractivity contribution in [3.8, 4) is 0 Å². The van der Waals surface area contributed by atoms with E-state index in [1.165, 1.54) is 21.0 Å². The van der Waals surface area contributed by atoms with Crippen LogP contribution in [0.2, 0.25) is 0 Å². The second-order valence-electron chi connectivity index (χ2n) is 15.0. The Morgan fingerprint density at radius 3 is 2.20 bits per heavy atom. The van der Waals surface area contributed by atoms with Crippen LogP contribution in [0.25, 0.3) is 0 Å². The van der Waals surface area contributed by atoms with Crippen molar-refractivity contribution in [1.29, 1.82) is 0 Å². The minimum absolute atomic E-state index is 0.0534. The lowest BCUT2D eigenvalue weighted by molar-refractivity contribution is -0.322. The first-order valence-electron chi connectivity index (χ1n) is 17.2. The molecule has 2 N–H and O–H groups in total. The van der Waals surface area contributed by atoms with Crippen LogP contribution in [-0.4, -0.2) is 135 Å². The quantitative estimate of drug-likeness (QED) is 0.267. The molecule has 5 aliphatic carbocycles. The van der Waals surface area contributed by atoms with E-state index in [-0.39, 0.29) is 24.6 Å². The van der Waals surface area contributed by atoms with Gasteiger partial charge >= 0.3 is 17.9 Å². The van der Waals surface area contributed by atoms with Crippen LogP contribution < -0.4 is 0 Å². The van der Waals surface area contributed by atoms with E-state index in [0.29, 0.717) is 19.5 Å². The molecule has 270 valence electrons. The van der Waals surface area contributed by atoms with E-state index in [4.69, 9.17) is 33.2 Å². The molecule has 1 spiro atoms. The van der Waals surface area contributed by atoms with Gasteiger partial charge in [-0.1, -0.05) is 25.1 Å². The van der Waals surface area contributed by atoms with E-state index >= 15 is 0 Å². The molecule has 1 aromatic carbocycles. The van der Waals surface area contributed by atoms with Gasteiger partial charge in [0, 0.05) is 89.9 Å². The summed E-state index contributed by atoms with van der Waals surface area (Å²) in [5.74, 6) is -4.24. The summed E-state index contributed by atoms with van der Waals surface area (Å²) in [4.78, 5) is 42.2. The van der Waals surface area contributed by atoms with Gasteiger partial charge in [0.2, 0.25) is 0 Å². The number of carbonyl (C=O) groups is 3. The number of hydrogen-bond acceptors (Lipinski definition) is 13. The molecule has 0 amide bonds. The van der Waals surface area contributed by atoms with Gasteiger partial charge in [0.25, 0.3) is 0 Å². The number of ether oxygens (including phenoxy) is 7. The van der Waals surface area contributed by atoms with Crippen molar-refractivity contribution in [2.24, 2.45) is 34.5 Å². The van der Waals surface area contributed by atoms with Gasteiger partial charge in [0.1, 0.15) is 30.0 Å². The van der Waals surface area contributed by atoms with Gasteiger partial charge < -0.3 is 43.4 Å². The zero-order valence-corrected chi connectivity index (χ0v) is 29.2. The van der Waals surface area contributed by atoms with Crippen LogP contribution >= 0.6 is 0 Å². The Balaban J connectivity index is 1.53. The van der Waals surface area contributed by atoms with Gasteiger partial charge in [0.05, 0.1) is 24.4 Å². The number of benzene rings is 1. The number of likely N-dealkylation sites (tertiary alicyclic amines) is 1. The van der Waals surface area contributed by atoms with E-state index in [9.17, 15) is 24.6 Å². The van der Waals surface area contributed by atoms with E-state index in [1.807, 2.05) is 6.92 Å². The zero-order valence-electron chi connectivity index (χ0n) is 29.2. The molecule has 7 bridgehead atoms. The fourth-order valence-corrected chi connectivity index (χ4v) is 12.7. The molecule has 1 aromatic rings. The van der Waals surface area contributed by atoms with Gasteiger partial charge in [-0.3, -0.25) is 14.5 Å². The molecule has 6 aliphatic rings. The average molecular weight is 688 g/mol. The Hall–Kier alpha value is -2.65. The third kappa shape index (κ3) is 4.21. The number of rotatable bonds is 10. The first-order chi connectivity index (χ1) is 23.4. The van der Waals surface area contributed by atoms with Crippen molar-refractivity contribution in [3.63, 3.8) is 0 Å². The Morgan fingerprint density at radius 2 is 1.63 bits per heavy atom. The number of aliphatic hydroxyl groups excluding tert-OH is 1. The highest BCUT2D eigenvalue weighted by molar-refractivity contribution is 5.89. The Labute approximate surface area is 286 Å². The number of aliphatic hydroxyl groups is 2. The standard InChI is InChI=1S/C36H49NO12/c1-8-37-16-33(17-43-4)22(47-18(2)38)14-23(44-5)35-21-15-34(42)30(48-32(41)20-12-10-9-11-13-20)24(21)36(49-19(3)39,29(40)31(34)46-7)25(28(35)37)26(45-6)27(33)35/h9-13,21-31,40,42H,8,14-17H2,1-7H3/t21-,22-,23+,24-,25?,26+,27-,28?,29+,30-,31+,33+,34-,35?,36-/m1/s1. The van der Waals surface area contributed by atoms with Gasteiger partial charge in [-0.2, -0.15) is 0 Å². The van der Waals surface area contributed by atoms with Crippen LogP contribution in [0.4, 0.5) is 0 Å². The van der Waals surface area contributed by atoms with Gasteiger partial charge in [-0.25, -0.2) is 4.79 Å². The highest BCUT2D eigenvalue weighted by atomic mass is 16.6. The summed E-state index contributed by atoms with van der Waals surface area (Å²) in [7, 11) is 6.25. The Morgan fingerprint density at radius 1 is 0.918 bits per heavy atom. The highest BCUT2D eigenvalue weighted by Crippen LogP contribution is 2.80. The van der Waals surface area contributed by atoms with Crippen LogP contribution in [0, 0.1) is 34.5 Å². The Bertz CT molecular complexity index is 1480. The monoisotopic (exact) mass is 687 g/mol. The SMILES string of the molecule is CCN1C[C@]2(COC)[C@H](OC(C)=O)C[C@H](OC)C34C1C([C@H](OC)[C@@H]32)[C@]1(OC(C)=O)[C@@H]2[C@H]4C[C@@](O)([C@@H]2OC(=O)c2ccccc2)[C@@H](OC)[C@@H]1O. The van der Waals surface area contributed by atoms with Crippen molar-refractivity contribution in [2.45, 2.75) is 87.5 Å². The number of piperidine rings is 1. The molecule has 7 rings (SSSR count). The zero-order chi connectivity index (χ0) is 35.3. The summed E-state index contributed by atoms with van der Waals surface area (Å²) < 4.78 is 43.9. The van der Waals surface area contributed by atoms with Crippen molar-refractivity contribution < 1.29 is 57.8 Å². The molecule has 1 saturated heterocycles. The molecule has 1 heterocycles. The molecule has 1 aliphatic heterocycles. The molecule has 13 heteroatoms. The average Bonchev–Trinajstić information content (AvgIpc) is 3.44. The van der Waals surface area contributed by atoms with Gasteiger partial charge in [-0.05, 0) is 31.0 Å². The molecular formula is C36H49NO12. The van der Waals surface area contributed by atoms with Crippen LogP contribution in [0.3, 0.4) is 0 Å². The molecule has 0 radical (unpaired) electrons. The lowest BCUT2D eigenvalue weighted by atomic mass is 9.42. The van der Waals surface area contributed by atoms with Crippen LogP contribution in [0.5, 0.6) is 0 Å². The maximum Gasteiger partial charge on any atom is 0.338 e. The summed E-state index contributed by atoms with van der Waals surface area (Å²) in [6, 6.07) is 8.12. The van der Waals surface area contributed by atoms with E-state index in [2.05, 4.69) is 4.90 Å². The predicted octanol–water partition coefficient (Wildman–Crippen LogP) is 1.22. The van der Waals surface area contributed by atoms with Crippen molar-refractivity contribution >= 4 is 17.9 Å². The molecular weight excluding hydrogens is 638 g/mol. The van der Waals surface area contributed by atoms with Gasteiger partial charge in [-0.15, -0.1) is 0 Å². The maximum atomic E-state index is 13.8. The third-order valence-electron chi connectivity index (χ3n) is 13.4. The number of methoxy groups -OCH3 is 4. The summed E-state index contributed by atoms with van der Waals surface area (Å²) in [6.45, 7) is 5.99. The number of hydrogen-bond donors (Lipinski definition) is 2. The minimum Gasteiger partial charge on any atom is -0.462 e. The molecule has 5 saturated carbocycles. The summed E-state index contributed by atoms with van der Waals surface area (Å²) in [6.07, 6.45) is -5.45. The molecule has 15 atom stereocenters. The first-order valence-corrected chi connectivity index (χ1v) is 17.2. The summed E-state index contributed by atoms with van der Waals surface area (Å²) in [5, 5.41) is 25.5. The topological polar surface area (TPSA) is 160 Å². The van der Waals surface area contributed by atoms with Gasteiger partial charge in [0.15, 0.2) is 5.60 Å². The molecule has 3 unspecified atom stereocenters. The van der Waals surface area contributed by atoms with E-state index in [0.717, 1.165) is 0 Å². The third-order valence-corrected chi connectivity index (χ3v) is 13.4. The van der Waals surface area contributed by atoms with Crippen LogP contribution in [0.1, 0.15) is 44.0 Å². The first kappa shape index (κ1) is 34.8. The predicted molar refractivity (Wildman–Crippen MR) is 170 cm³/mol. The lowest BCUT2D eigenvalue weighted by Crippen LogP contribution is -2.81. The van der Waals surface area contributed by atoms with Crippen molar-refractivity contribution in [2.75, 3.05) is 48.1 Å². The number of nitrogens with zero attached hydrogens (tertiary/aromatic N) is 1. The molecule has 49 heavy (non-hydrogen) atoms. The van der Waals surface area contributed by atoms with Crippen molar-refractivity contribution in [1.82, 2.24) is 4.90 Å². The molecule has 13 nitrogen and oxygen atoms in total. The fraction of sp³-hybridized carbons (Fsp3) is 0.750. The summed E-state index contributed by atoms with van der Waals surface area (Å²) >= 11 is 0. The van der Waals surface area contributed by atoms with Crippen LogP contribution in [0.15, 0.2) is 30.3 Å². The van der Waals surface area contributed by atoms with E-state index < -0.39 is 100 Å². The second-order valence-corrected chi connectivity index (χ2v) is 15.0. The molecule has 0 aromatic heterocycles. The number of esters is 3. The van der Waals surface area contributed by atoms with E-state index in [1.54, 1.807) is 51.7 Å². The van der Waals surface area contributed by atoms with Crippen LogP contribution in [-0.2, 0) is 42.7 Å². The normalized spacial score (nSPS) is 47.4.